The number of aliphatic hydroxyl groups is 2. The van der Waals surface area contributed by atoms with Crippen molar-refractivity contribution in [1.82, 2.24) is 5.43 Å². The number of ether oxygens (including phenoxy) is 2. The largest absolute Gasteiger partial charge is 0.449 e. The van der Waals surface area contributed by atoms with Gasteiger partial charge in [-0.15, -0.1) is 0 Å². The molecule has 0 aromatic rings. The van der Waals surface area contributed by atoms with E-state index in [0.717, 1.165) is 38.5 Å². The number of hydrogen-bond acceptors (Lipinski definition) is 6. The normalized spacial score (nSPS) is 45.9. The van der Waals surface area contributed by atoms with Crippen LogP contribution in [-0.4, -0.2) is 53.5 Å². The molecule has 180 valence electrons. The van der Waals surface area contributed by atoms with E-state index in [-0.39, 0.29) is 23.5 Å². The van der Waals surface area contributed by atoms with Gasteiger partial charge in [0.1, 0.15) is 5.60 Å². The number of methoxy groups -OCH3 is 1. The molecule has 3 saturated carbocycles. The van der Waals surface area contributed by atoms with E-state index >= 15 is 0 Å². The minimum Gasteiger partial charge on any atom is -0.449 e. The number of allylic oxidation sites excluding steroid dienone is 1. The first-order valence-corrected chi connectivity index (χ1v) is 12.2. The molecular formula is C25H40N2O5. The van der Waals surface area contributed by atoms with Crippen molar-refractivity contribution in [3.05, 3.63) is 11.6 Å². The summed E-state index contributed by atoms with van der Waals surface area (Å²) < 4.78 is 11.1. The molecule has 0 aromatic carbocycles. The molecular weight excluding hydrogens is 408 g/mol. The fraction of sp³-hybridized carbons (Fsp3) is 0.840. The number of fused-ring (bicyclic) bond motifs is 5. The lowest BCUT2D eigenvalue weighted by atomic mass is 9.46. The van der Waals surface area contributed by atoms with E-state index in [0.29, 0.717) is 29.9 Å². The van der Waals surface area contributed by atoms with Gasteiger partial charge in [-0.3, -0.25) is 0 Å². The van der Waals surface area contributed by atoms with Crippen molar-refractivity contribution in [1.29, 1.82) is 0 Å². The fourth-order valence-electron chi connectivity index (χ4n) is 8.19. The minimum atomic E-state index is -0.949. The van der Waals surface area contributed by atoms with E-state index in [1.165, 1.54) is 5.57 Å². The number of amides is 1. The smallest absolute Gasteiger partial charge is 0.427 e. The van der Waals surface area contributed by atoms with E-state index in [2.05, 4.69) is 30.5 Å². The Morgan fingerprint density at radius 3 is 2.69 bits per heavy atom. The molecule has 3 fully saturated rings. The second kappa shape index (κ2) is 8.41. The molecule has 7 nitrogen and oxygen atoms in total. The molecule has 3 N–H and O–H groups in total. The van der Waals surface area contributed by atoms with Crippen molar-refractivity contribution < 1.29 is 24.5 Å². The standard InChI is InChI=1S/C25H40N2O5/c1-6-32-22(30)27-26-15(2)25(31-5)21(29)14-20-18-8-7-16-13-17(28)9-11-23(16,3)19(18)10-12-24(20,25)4/h7,17-21,28-29H,6,8-14H2,1-5H3,(H,27,30)/b26-15+/t17?,18?,19?,20?,21-,23+,24+,25-/m1/s1. The molecule has 8 atom stereocenters. The molecule has 32 heavy (non-hydrogen) atoms. The van der Waals surface area contributed by atoms with Crippen molar-refractivity contribution in [3.8, 4) is 0 Å². The van der Waals surface area contributed by atoms with Gasteiger partial charge < -0.3 is 19.7 Å². The quantitative estimate of drug-likeness (QED) is 0.345. The van der Waals surface area contributed by atoms with Crippen LogP contribution in [0.4, 0.5) is 4.79 Å². The Morgan fingerprint density at radius 1 is 1.25 bits per heavy atom. The zero-order chi connectivity index (χ0) is 23.3. The van der Waals surface area contributed by atoms with Gasteiger partial charge in [0.2, 0.25) is 0 Å². The number of carbonyl (C=O) groups excluding carboxylic acids is 1. The van der Waals surface area contributed by atoms with Crippen LogP contribution in [0, 0.1) is 28.6 Å². The molecule has 7 heteroatoms. The van der Waals surface area contributed by atoms with E-state index in [4.69, 9.17) is 9.47 Å². The first kappa shape index (κ1) is 23.7. The molecule has 4 unspecified atom stereocenters. The second-order valence-corrected chi connectivity index (χ2v) is 10.8. The number of hydrogen-bond donors (Lipinski definition) is 3. The molecule has 4 aliphatic carbocycles. The summed E-state index contributed by atoms with van der Waals surface area (Å²) in [6.45, 7) is 8.49. The summed E-state index contributed by atoms with van der Waals surface area (Å²) in [7, 11) is 1.65. The average Bonchev–Trinajstić information content (AvgIpc) is 2.99. The molecule has 4 aliphatic rings. The topological polar surface area (TPSA) is 100 Å². The lowest BCUT2D eigenvalue weighted by molar-refractivity contribution is -0.131. The van der Waals surface area contributed by atoms with Crippen molar-refractivity contribution in [3.63, 3.8) is 0 Å². The summed E-state index contributed by atoms with van der Waals surface area (Å²) in [6, 6.07) is 0. The third-order valence-electron chi connectivity index (χ3n) is 9.71. The van der Waals surface area contributed by atoms with Gasteiger partial charge in [-0.2, -0.15) is 5.10 Å². The van der Waals surface area contributed by atoms with Crippen LogP contribution in [0.1, 0.15) is 72.6 Å². The minimum absolute atomic E-state index is 0.140. The summed E-state index contributed by atoms with van der Waals surface area (Å²) in [6.07, 6.45) is 7.25. The van der Waals surface area contributed by atoms with Crippen LogP contribution < -0.4 is 5.43 Å². The summed E-state index contributed by atoms with van der Waals surface area (Å²) in [5, 5.41) is 25.9. The lowest BCUT2D eigenvalue weighted by Gasteiger charge is -2.59. The summed E-state index contributed by atoms with van der Waals surface area (Å²) >= 11 is 0. The number of nitrogens with zero attached hydrogens (tertiary/aromatic N) is 1. The summed E-state index contributed by atoms with van der Waals surface area (Å²) in [5.74, 6) is 1.32. The van der Waals surface area contributed by atoms with Crippen LogP contribution in [0.5, 0.6) is 0 Å². The third-order valence-corrected chi connectivity index (χ3v) is 9.71. The molecule has 1 amide bonds. The lowest BCUT2D eigenvalue weighted by Crippen LogP contribution is -2.61. The maximum atomic E-state index is 11.8. The molecule has 0 bridgehead atoms. The zero-order valence-corrected chi connectivity index (χ0v) is 20.2. The Kier molecular flexibility index (Phi) is 6.23. The Hall–Kier alpha value is -1.44. The SMILES string of the molecule is CCOC(=O)N/N=C(\C)[C@@]1(OC)[C@H](O)CC2C3CC=C4CC(O)CC[C@]4(C)C3CC[C@@]21C. The molecule has 0 saturated heterocycles. The van der Waals surface area contributed by atoms with Crippen LogP contribution in [0.3, 0.4) is 0 Å². The average molecular weight is 449 g/mol. The van der Waals surface area contributed by atoms with Crippen molar-refractivity contribution in [2.24, 2.45) is 33.7 Å². The first-order valence-electron chi connectivity index (χ1n) is 12.2. The van der Waals surface area contributed by atoms with Gasteiger partial charge in [0.15, 0.2) is 0 Å². The number of nitrogens with one attached hydrogen (secondary N) is 1. The highest BCUT2D eigenvalue weighted by Gasteiger charge is 2.69. The van der Waals surface area contributed by atoms with Gasteiger partial charge in [0, 0.05) is 12.5 Å². The van der Waals surface area contributed by atoms with Crippen molar-refractivity contribution in [2.75, 3.05) is 13.7 Å². The van der Waals surface area contributed by atoms with E-state index in [1.807, 2.05) is 6.92 Å². The van der Waals surface area contributed by atoms with Gasteiger partial charge in [-0.25, -0.2) is 10.2 Å². The summed E-state index contributed by atoms with van der Waals surface area (Å²) in [5.41, 5.74) is 3.39. The maximum absolute atomic E-state index is 11.8. The van der Waals surface area contributed by atoms with Crippen molar-refractivity contribution in [2.45, 2.75) is 90.4 Å². The highest BCUT2D eigenvalue weighted by Crippen LogP contribution is 2.68. The first-order chi connectivity index (χ1) is 15.1. The molecule has 0 aromatic heterocycles. The fourth-order valence-corrected chi connectivity index (χ4v) is 8.19. The van der Waals surface area contributed by atoms with Crippen LogP contribution in [0.25, 0.3) is 0 Å². The van der Waals surface area contributed by atoms with Crippen LogP contribution in [-0.2, 0) is 9.47 Å². The van der Waals surface area contributed by atoms with Crippen molar-refractivity contribution >= 4 is 11.8 Å². The predicted octanol–water partition coefficient (Wildman–Crippen LogP) is 3.79. The van der Waals surface area contributed by atoms with Gasteiger partial charge in [-0.1, -0.05) is 25.5 Å². The molecule has 0 heterocycles. The highest BCUT2D eigenvalue weighted by molar-refractivity contribution is 5.93. The Morgan fingerprint density at radius 2 is 2.00 bits per heavy atom. The third kappa shape index (κ3) is 3.26. The second-order valence-electron chi connectivity index (χ2n) is 10.8. The molecule has 0 spiro atoms. The van der Waals surface area contributed by atoms with Crippen LogP contribution >= 0.6 is 0 Å². The van der Waals surface area contributed by atoms with Gasteiger partial charge in [-0.05, 0) is 82.0 Å². The predicted molar refractivity (Wildman–Crippen MR) is 122 cm³/mol. The Labute approximate surface area is 191 Å². The highest BCUT2D eigenvalue weighted by atomic mass is 16.6. The van der Waals surface area contributed by atoms with Gasteiger partial charge >= 0.3 is 6.09 Å². The molecule has 0 radical (unpaired) electrons. The Bertz CT molecular complexity index is 812. The van der Waals surface area contributed by atoms with Crippen LogP contribution in [0.2, 0.25) is 0 Å². The summed E-state index contributed by atoms with van der Waals surface area (Å²) in [4.78, 5) is 11.8. The number of aliphatic hydroxyl groups excluding tert-OH is 2. The number of rotatable bonds is 4. The monoisotopic (exact) mass is 448 g/mol. The molecule has 0 aliphatic heterocycles. The zero-order valence-electron chi connectivity index (χ0n) is 20.2. The Balaban J connectivity index is 1.66. The van der Waals surface area contributed by atoms with E-state index in [9.17, 15) is 15.0 Å². The van der Waals surface area contributed by atoms with E-state index < -0.39 is 17.8 Å². The van der Waals surface area contributed by atoms with Crippen LogP contribution in [0.15, 0.2) is 16.8 Å². The van der Waals surface area contributed by atoms with E-state index in [1.54, 1.807) is 14.0 Å². The van der Waals surface area contributed by atoms with Gasteiger partial charge in [0.05, 0.1) is 24.5 Å². The number of hydrazone groups is 1. The van der Waals surface area contributed by atoms with Gasteiger partial charge in [0.25, 0.3) is 0 Å². The number of carbonyl (C=O) groups is 1. The molecule has 4 rings (SSSR count). The maximum Gasteiger partial charge on any atom is 0.427 e.